The minimum absolute atomic E-state index is 0.457. The summed E-state index contributed by atoms with van der Waals surface area (Å²) in [5, 5.41) is 9.47. The van der Waals surface area contributed by atoms with Crippen LogP contribution in [-0.4, -0.2) is 10.1 Å². The highest BCUT2D eigenvalue weighted by atomic mass is 16.5. The molecule has 1 atom stereocenters. The van der Waals surface area contributed by atoms with E-state index in [9.17, 15) is 5.11 Å². The van der Waals surface area contributed by atoms with Gasteiger partial charge >= 0.3 is 0 Å². The number of aryl methyl sites for hydroxylation is 2. The summed E-state index contributed by atoms with van der Waals surface area (Å²) in [6, 6.07) is 11.4. The van der Waals surface area contributed by atoms with Gasteiger partial charge in [-0.15, -0.1) is 0 Å². The molecule has 0 fully saturated rings. The Kier molecular flexibility index (Phi) is 4.17. The molecule has 1 heterocycles. The van der Waals surface area contributed by atoms with Gasteiger partial charge < -0.3 is 9.84 Å². The lowest BCUT2D eigenvalue weighted by molar-refractivity contribution is 0.199. The summed E-state index contributed by atoms with van der Waals surface area (Å²) in [5.74, 6) is 1.54. The van der Waals surface area contributed by atoms with E-state index in [0.29, 0.717) is 0 Å². The minimum Gasteiger partial charge on any atom is -0.455 e. The van der Waals surface area contributed by atoms with Gasteiger partial charge in [-0.3, -0.25) is 4.98 Å². The van der Waals surface area contributed by atoms with Crippen LogP contribution in [0.3, 0.4) is 0 Å². The maximum Gasteiger partial charge on any atom is 0.148 e. The van der Waals surface area contributed by atoms with E-state index in [1.807, 2.05) is 43.3 Å². The van der Waals surface area contributed by atoms with Crippen molar-refractivity contribution in [2.75, 3.05) is 0 Å². The number of aliphatic hydroxyl groups excluding tert-OH is 1. The zero-order chi connectivity index (χ0) is 13.8. The summed E-state index contributed by atoms with van der Waals surface area (Å²) >= 11 is 0. The molecule has 1 aromatic heterocycles. The van der Waals surface area contributed by atoms with Gasteiger partial charge in [0.1, 0.15) is 11.5 Å². The van der Waals surface area contributed by atoms with Gasteiger partial charge in [-0.1, -0.05) is 19.1 Å². The Morgan fingerprint density at radius 2 is 1.84 bits per heavy atom. The molecule has 2 rings (SSSR count). The average molecular weight is 257 g/mol. The maximum absolute atomic E-state index is 9.47. The van der Waals surface area contributed by atoms with Gasteiger partial charge in [0.25, 0.3) is 0 Å². The molecule has 2 aromatic rings. The highest BCUT2D eigenvalue weighted by molar-refractivity contribution is 5.36. The molecule has 3 heteroatoms. The predicted octanol–water partition coefficient (Wildman–Crippen LogP) is 3.80. The number of benzene rings is 1. The van der Waals surface area contributed by atoms with Gasteiger partial charge in [0.05, 0.1) is 11.8 Å². The van der Waals surface area contributed by atoms with Gasteiger partial charge in [0.15, 0.2) is 0 Å². The molecule has 0 amide bonds. The number of hydrogen-bond donors (Lipinski definition) is 1. The van der Waals surface area contributed by atoms with Crippen molar-refractivity contribution in [3.63, 3.8) is 0 Å². The van der Waals surface area contributed by atoms with Crippen molar-refractivity contribution in [3.8, 4) is 11.5 Å². The van der Waals surface area contributed by atoms with Crippen LogP contribution in [0.15, 0.2) is 36.4 Å². The van der Waals surface area contributed by atoms with Crippen molar-refractivity contribution >= 4 is 0 Å². The van der Waals surface area contributed by atoms with Crippen molar-refractivity contribution in [1.29, 1.82) is 0 Å². The van der Waals surface area contributed by atoms with E-state index in [1.165, 1.54) is 0 Å². The number of aliphatic hydroxyl groups is 1. The molecular formula is C16H19NO2. The number of aromatic nitrogens is 1. The van der Waals surface area contributed by atoms with Crippen LogP contribution in [0.1, 0.15) is 36.9 Å². The Labute approximate surface area is 113 Å². The van der Waals surface area contributed by atoms with Crippen molar-refractivity contribution in [2.45, 2.75) is 33.3 Å². The topological polar surface area (TPSA) is 42.4 Å². The molecule has 3 nitrogen and oxygen atoms in total. The second-order valence-electron chi connectivity index (χ2n) is 4.60. The fourth-order valence-corrected chi connectivity index (χ4v) is 1.89. The lowest BCUT2D eigenvalue weighted by Crippen LogP contribution is -1.96. The number of hydrogen-bond acceptors (Lipinski definition) is 3. The Balaban J connectivity index is 2.21. The second kappa shape index (κ2) is 5.85. The molecule has 100 valence electrons. The molecule has 1 N–H and O–H groups in total. The second-order valence-corrected chi connectivity index (χ2v) is 4.60. The third kappa shape index (κ3) is 3.32. The molecule has 0 bridgehead atoms. The number of rotatable bonds is 4. The lowest BCUT2D eigenvalue weighted by atomic mass is 10.1. The smallest absolute Gasteiger partial charge is 0.148 e. The van der Waals surface area contributed by atoms with E-state index >= 15 is 0 Å². The van der Waals surface area contributed by atoms with Crippen LogP contribution in [0.25, 0.3) is 0 Å². The van der Waals surface area contributed by atoms with Crippen LogP contribution in [-0.2, 0) is 6.42 Å². The molecule has 0 saturated heterocycles. The van der Waals surface area contributed by atoms with Crippen molar-refractivity contribution in [3.05, 3.63) is 53.3 Å². The maximum atomic E-state index is 9.47. The first-order valence-electron chi connectivity index (χ1n) is 6.52. The quantitative estimate of drug-likeness (QED) is 0.906. The summed E-state index contributed by atoms with van der Waals surface area (Å²) in [6.07, 6.45) is 0.379. The van der Waals surface area contributed by atoms with Crippen molar-refractivity contribution < 1.29 is 9.84 Å². The molecule has 0 aliphatic carbocycles. The van der Waals surface area contributed by atoms with E-state index in [-0.39, 0.29) is 0 Å². The zero-order valence-electron chi connectivity index (χ0n) is 11.6. The highest BCUT2D eigenvalue weighted by Crippen LogP contribution is 2.26. The first-order chi connectivity index (χ1) is 9.10. The van der Waals surface area contributed by atoms with Crippen molar-refractivity contribution in [1.82, 2.24) is 4.98 Å². The van der Waals surface area contributed by atoms with E-state index < -0.39 is 6.10 Å². The summed E-state index contributed by atoms with van der Waals surface area (Å²) in [4.78, 5) is 4.47. The van der Waals surface area contributed by atoms with Gasteiger partial charge in [-0.05, 0) is 50.1 Å². The van der Waals surface area contributed by atoms with Crippen LogP contribution < -0.4 is 4.74 Å². The summed E-state index contributed by atoms with van der Waals surface area (Å²) < 4.78 is 5.85. The summed E-state index contributed by atoms with van der Waals surface area (Å²) in [5.41, 5.74) is 2.83. The fourth-order valence-electron chi connectivity index (χ4n) is 1.89. The van der Waals surface area contributed by atoms with Crippen LogP contribution in [0.4, 0.5) is 0 Å². The number of ether oxygens (including phenoxy) is 1. The van der Waals surface area contributed by atoms with E-state index in [0.717, 1.165) is 34.9 Å². The molecule has 0 aliphatic heterocycles. The third-order valence-corrected chi connectivity index (χ3v) is 3.00. The molecule has 0 unspecified atom stereocenters. The molecule has 1 aromatic carbocycles. The van der Waals surface area contributed by atoms with Crippen LogP contribution in [0.5, 0.6) is 11.5 Å². The molecule has 0 saturated carbocycles. The third-order valence-electron chi connectivity index (χ3n) is 3.00. The predicted molar refractivity (Wildman–Crippen MR) is 75.5 cm³/mol. The molecule has 0 radical (unpaired) electrons. The monoisotopic (exact) mass is 257 g/mol. The van der Waals surface area contributed by atoms with Crippen LogP contribution in [0, 0.1) is 6.92 Å². The SMILES string of the molecule is CCc1nc(C)ccc1Oc1ccc([C@@H](C)O)cc1. The first kappa shape index (κ1) is 13.6. The number of pyridine rings is 1. The van der Waals surface area contributed by atoms with Crippen molar-refractivity contribution in [2.24, 2.45) is 0 Å². The number of nitrogens with zero attached hydrogens (tertiary/aromatic N) is 1. The first-order valence-corrected chi connectivity index (χ1v) is 6.52. The minimum atomic E-state index is -0.457. The lowest BCUT2D eigenvalue weighted by Gasteiger charge is -2.11. The van der Waals surface area contributed by atoms with Gasteiger partial charge in [-0.25, -0.2) is 0 Å². The molecular weight excluding hydrogens is 238 g/mol. The van der Waals surface area contributed by atoms with E-state index in [2.05, 4.69) is 11.9 Å². The molecule has 0 spiro atoms. The van der Waals surface area contributed by atoms with Crippen LogP contribution in [0.2, 0.25) is 0 Å². The average Bonchev–Trinajstić information content (AvgIpc) is 2.41. The largest absolute Gasteiger partial charge is 0.455 e. The van der Waals surface area contributed by atoms with Gasteiger partial charge in [0, 0.05) is 5.69 Å². The zero-order valence-corrected chi connectivity index (χ0v) is 11.6. The molecule has 0 aliphatic rings. The van der Waals surface area contributed by atoms with E-state index in [1.54, 1.807) is 6.92 Å². The Morgan fingerprint density at radius 3 is 2.42 bits per heavy atom. The normalized spacial score (nSPS) is 12.2. The van der Waals surface area contributed by atoms with Gasteiger partial charge in [-0.2, -0.15) is 0 Å². The Bertz CT molecular complexity index is 547. The van der Waals surface area contributed by atoms with E-state index in [4.69, 9.17) is 4.74 Å². The van der Waals surface area contributed by atoms with Gasteiger partial charge in [0.2, 0.25) is 0 Å². The Morgan fingerprint density at radius 1 is 1.16 bits per heavy atom. The molecule has 19 heavy (non-hydrogen) atoms. The summed E-state index contributed by atoms with van der Waals surface area (Å²) in [6.45, 7) is 5.78. The summed E-state index contributed by atoms with van der Waals surface area (Å²) in [7, 11) is 0. The Hall–Kier alpha value is -1.87. The van der Waals surface area contributed by atoms with Crippen LogP contribution >= 0.6 is 0 Å². The standard InChI is InChI=1S/C16H19NO2/c1-4-15-16(10-5-11(2)17-15)19-14-8-6-13(7-9-14)12(3)18/h5-10,12,18H,4H2,1-3H3/t12-/m1/s1. The highest BCUT2D eigenvalue weighted by Gasteiger charge is 2.06. The fraction of sp³-hybridized carbons (Fsp3) is 0.312.